The molecule has 0 aromatic heterocycles. The van der Waals surface area contributed by atoms with Gasteiger partial charge in [-0.1, -0.05) is 62.2 Å². The van der Waals surface area contributed by atoms with Gasteiger partial charge in [0, 0.05) is 20.1 Å². The lowest BCUT2D eigenvalue weighted by atomic mass is 10.0. The molecule has 172 valence electrons. The fraction of sp³-hybridized carbons (Fsp3) is 0.115. The largest absolute Gasteiger partial charge is 0.488 e. The minimum atomic E-state index is -0.777. The number of ether oxygens (including phenoxy) is 1. The third-order valence-corrected chi connectivity index (χ3v) is 6.59. The zero-order chi connectivity index (χ0) is 24.4. The molecule has 4 rings (SSSR count). The van der Waals surface area contributed by atoms with E-state index in [1.165, 1.54) is 6.08 Å². The second-order valence-corrected chi connectivity index (χ2v) is 9.58. The summed E-state index contributed by atoms with van der Waals surface area (Å²) in [5, 5.41) is 2.27. The van der Waals surface area contributed by atoms with Crippen molar-refractivity contribution in [2.75, 3.05) is 4.90 Å². The number of hydrogen-bond acceptors (Lipinski definition) is 4. The molecule has 8 heteroatoms. The van der Waals surface area contributed by atoms with Crippen LogP contribution in [0.25, 0.3) is 6.08 Å². The number of carbonyl (C=O) groups is 3. The summed E-state index contributed by atoms with van der Waals surface area (Å²) >= 11 is 6.94. The van der Waals surface area contributed by atoms with Gasteiger partial charge in [0.2, 0.25) is 0 Å². The molecule has 1 saturated heterocycles. The number of carbonyl (C=O) groups excluding carboxylic acids is 3. The van der Waals surface area contributed by atoms with Crippen molar-refractivity contribution in [2.24, 2.45) is 0 Å². The van der Waals surface area contributed by atoms with E-state index in [2.05, 4.69) is 37.2 Å². The Morgan fingerprint density at radius 3 is 2.50 bits per heavy atom. The summed E-state index contributed by atoms with van der Waals surface area (Å²) in [5.74, 6) is -0.963. The van der Waals surface area contributed by atoms with E-state index in [0.29, 0.717) is 17.0 Å². The highest BCUT2D eigenvalue weighted by atomic mass is 79.9. The summed E-state index contributed by atoms with van der Waals surface area (Å²) in [4.78, 5) is 39.6. The van der Waals surface area contributed by atoms with Crippen LogP contribution in [0.3, 0.4) is 0 Å². The Morgan fingerprint density at radius 1 is 0.971 bits per heavy atom. The van der Waals surface area contributed by atoms with Crippen LogP contribution in [0.1, 0.15) is 22.3 Å². The van der Waals surface area contributed by atoms with Gasteiger partial charge >= 0.3 is 6.03 Å². The number of hydrogen-bond donors (Lipinski definition) is 1. The molecule has 0 bridgehead atoms. The molecule has 0 aliphatic carbocycles. The molecule has 0 saturated carbocycles. The molecule has 1 aliphatic rings. The van der Waals surface area contributed by atoms with Crippen LogP contribution in [0, 0.1) is 13.8 Å². The highest BCUT2D eigenvalue weighted by Crippen LogP contribution is 2.30. The Balaban J connectivity index is 1.71. The topological polar surface area (TPSA) is 75.7 Å². The first-order chi connectivity index (χ1) is 16.2. The molecule has 0 spiro atoms. The van der Waals surface area contributed by atoms with Gasteiger partial charge in [-0.3, -0.25) is 14.9 Å². The molecular weight excluding hydrogens is 564 g/mol. The van der Waals surface area contributed by atoms with Crippen LogP contribution in [0.5, 0.6) is 5.75 Å². The standard InChI is InChI=1S/C26H20Br2N2O4/c1-15-7-8-16(2)22(11-15)30-25(32)20(24(31)29-26(30)33)13-18-12-19(27)9-10-23(18)34-14-17-5-3-4-6-21(17)28/h3-13H,14H2,1-2H3,(H,29,31,33)/b20-13+. The highest BCUT2D eigenvalue weighted by molar-refractivity contribution is 9.10. The zero-order valence-electron chi connectivity index (χ0n) is 18.4. The second kappa shape index (κ2) is 9.95. The average molecular weight is 584 g/mol. The van der Waals surface area contributed by atoms with Crippen molar-refractivity contribution >= 4 is 61.5 Å². The Kier molecular flexibility index (Phi) is 7.00. The summed E-state index contributed by atoms with van der Waals surface area (Å²) in [6.07, 6.45) is 1.45. The van der Waals surface area contributed by atoms with Crippen LogP contribution in [-0.2, 0) is 16.2 Å². The van der Waals surface area contributed by atoms with Crippen LogP contribution in [0.2, 0.25) is 0 Å². The smallest absolute Gasteiger partial charge is 0.335 e. The van der Waals surface area contributed by atoms with E-state index in [1.807, 2.05) is 49.4 Å². The molecule has 1 fully saturated rings. The lowest BCUT2D eigenvalue weighted by molar-refractivity contribution is -0.122. The van der Waals surface area contributed by atoms with Crippen molar-refractivity contribution < 1.29 is 19.1 Å². The van der Waals surface area contributed by atoms with Crippen LogP contribution >= 0.6 is 31.9 Å². The highest BCUT2D eigenvalue weighted by Gasteiger charge is 2.37. The third kappa shape index (κ3) is 4.98. The van der Waals surface area contributed by atoms with E-state index in [-0.39, 0.29) is 12.2 Å². The van der Waals surface area contributed by atoms with Crippen molar-refractivity contribution in [1.29, 1.82) is 0 Å². The monoisotopic (exact) mass is 582 g/mol. The number of barbiturate groups is 1. The maximum absolute atomic E-state index is 13.4. The minimum absolute atomic E-state index is 0.163. The number of aryl methyl sites for hydroxylation is 2. The van der Waals surface area contributed by atoms with E-state index in [9.17, 15) is 14.4 Å². The molecular formula is C26H20Br2N2O4. The Bertz CT molecular complexity index is 1350. The zero-order valence-corrected chi connectivity index (χ0v) is 21.6. The molecule has 0 atom stereocenters. The summed E-state index contributed by atoms with van der Waals surface area (Å²) in [5.41, 5.74) is 3.36. The molecule has 1 N–H and O–H groups in total. The van der Waals surface area contributed by atoms with E-state index in [0.717, 1.165) is 30.5 Å². The normalized spacial score (nSPS) is 15.0. The number of imide groups is 2. The Morgan fingerprint density at radius 2 is 1.74 bits per heavy atom. The summed E-state index contributed by atoms with van der Waals surface area (Å²) < 4.78 is 7.68. The number of benzene rings is 3. The van der Waals surface area contributed by atoms with Gasteiger partial charge in [-0.15, -0.1) is 0 Å². The van der Waals surface area contributed by atoms with Crippen molar-refractivity contribution in [1.82, 2.24) is 5.32 Å². The average Bonchev–Trinajstić information content (AvgIpc) is 2.79. The number of amides is 4. The first-order valence-corrected chi connectivity index (χ1v) is 12.0. The number of nitrogens with zero attached hydrogens (tertiary/aromatic N) is 1. The van der Waals surface area contributed by atoms with Gasteiger partial charge < -0.3 is 4.74 Å². The fourth-order valence-corrected chi connectivity index (χ4v) is 4.30. The number of halogens is 2. The second-order valence-electron chi connectivity index (χ2n) is 7.81. The number of urea groups is 1. The summed E-state index contributed by atoms with van der Waals surface area (Å²) in [6.45, 7) is 3.96. The predicted octanol–water partition coefficient (Wildman–Crippen LogP) is 6.07. The van der Waals surface area contributed by atoms with Gasteiger partial charge in [-0.2, -0.15) is 0 Å². The summed E-state index contributed by atoms with van der Waals surface area (Å²) in [7, 11) is 0. The van der Waals surface area contributed by atoms with Gasteiger partial charge in [0.15, 0.2) is 0 Å². The predicted molar refractivity (Wildman–Crippen MR) is 138 cm³/mol. The van der Waals surface area contributed by atoms with Crippen molar-refractivity contribution in [3.8, 4) is 5.75 Å². The van der Waals surface area contributed by atoms with Crippen LogP contribution in [-0.4, -0.2) is 17.8 Å². The molecule has 3 aromatic rings. The number of rotatable bonds is 5. The fourth-order valence-electron chi connectivity index (χ4n) is 3.53. The van der Waals surface area contributed by atoms with Crippen molar-refractivity contribution in [2.45, 2.75) is 20.5 Å². The molecule has 6 nitrogen and oxygen atoms in total. The van der Waals surface area contributed by atoms with E-state index >= 15 is 0 Å². The minimum Gasteiger partial charge on any atom is -0.488 e. The number of anilines is 1. The van der Waals surface area contributed by atoms with E-state index < -0.39 is 17.8 Å². The van der Waals surface area contributed by atoms with Gasteiger partial charge in [0.25, 0.3) is 11.8 Å². The lowest BCUT2D eigenvalue weighted by Gasteiger charge is -2.28. The van der Waals surface area contributed by atoms with Gasteiger partial charge in [0.05, 0.1) is 5.69 Å². The van der Waals surface area contributed by atoms with E-state index in [1.54, 1.807) is 25.1 Å². The van der Waals surface area contributed by atoms with Crippen LogP contribution in [0.4, 0.5) is 10.5 Å². The third-order valence-electron chi connectivity index (χ3n) is 5.32. The van der Waals surface area contributed by atoms with Gasteiger partial charge in [0.1, 0.15) is 17.9 Å². The first kappa shape index (κ1) is 23.9. The van der Waals surface area contributed by atoms with Crippen LogP contribution in [0.15, 0.2) is 75.2 Å². The lowest BCUT2D eigenvalue weighted by Crippen LogP contribution is -2.54. The van der Waals surface area contributed by atoms with Crippen molar-refractivity contribution in [3.63, 3.8) is 0 Å². The first-order valence-electron chi connectivity index (χ1n) is 10.4. The Labute approximate surface area is 213 Å². The van der Waals surface area contributed by atoms with Crippen LogP contribution < -0.4 is 15.0 Å². The summed E-state index contributed by atoms with van der Waals surface area (Å²) in [6, 6.07) is 17.7. The molecule has 4 amide bonds. The van der Waals surface area contributed by atoms with Gasteiger partial charge in [-0.05, 0) is 61.4 Å². The number of nitrogens with one attached hydrogen (secondary N) is 1. The maximum Gasteiger partial charge on any atom is 0.335 e. The molecule has 1 heterocycles. The van der Waals surface area contributed by atoms with Crippen molar-refractivity contribution in [3.05, 3.63) is 97.4 Å². The molecule has 0 radical (unpaired) electrons. The molecule has 34 heavy (non-hydrogen) atoms. The molecule has 3 aromatic carbocycles. The Hall–Kier alpha value is -3.23. The van der Waals surface area contributed by atoms with E-state index in [4.69, 9.17) is 4.74 Å². The SMILES string of the molecule is Cc1ccc(C)c(N2C(=O)NC(=O)/C(=C\c3cc(Br)ccc3OCc3ccccc3Br)C2=O)c1. The van der Waals surface area contributed by atoms with Gasteiger partial charge in [-0.25, -0.2) is 9.69 Å². The quantitative estimate of drug-likeness (QED) is 0.292. The molecule has 0 unspecified atom stereocenters. The molecule has 1 aliphatic heterocycles. The maximum atomic E-state index is 13.4.